The number of carbonyl (C=O) groups is 1. The number of aromatic nitrogens is 2. The lowest BCUT2D eigenvalue weighted by atomic mass is 10.2. The first-order valence-corrected chi connectivity index (χ1v) is 5.36. The molecular formula is C10H11N3OS. The molecule has 0 radical (unpaired) electrons. The van der Waals surface area contributed by atoms with E-state index in [1.165, 1.54) is 0 Å². The lowest BCUT2D eigenvalue weighted by Gasteiger charge is -1.99. The van der Waals surface area contributed by atoms with Crippen molar-refractivity contribution < 1.29 is 4.79 Å². The van der Waals surface area contributed by atoms with E-state index in [2.05, 4.69) is 15.3 Å². The normalized spacial score (nSPS) is 10.3. The van der Waals surface area contributed by atoms with Crippen LogP contribution >= 0.6 is 11.3 Å². The summed E-state index contributed by atoms with van der Waals surface area (Å²) in [5.41, 5.74) is 0.717. The van der Waals surface area contributed by atoms with E-state index in [4.69, 9.17) is 0 Å². The molecule has 2 heterocycles. The molecule has 1 amide bonds. The van der Waals surface area contributed by atoms with Gasteiger partial charge in [0.25, 0.3) is 5.91 Å². The summed E-state index contributed by atoms with van der Waals surface area (Å²) in [6.45, 7) is 3.93. The number of nitrogens with zero attached hydrogens (tertiary/aromatic N) is 1. The number of hydrogen-bond acceptors (Lipinski definition) is 3. The molecule has 2 rings (SSSR count). The van der Waals surface area contributed by atoms with Crippen LogP contribution in [-0.2, 0) is 0 Å². The van der Waals surface area contributed by atoms with Crippen LogP contribution in [-0.4, -0.2) is 15.9 Å². The van der Waals surface area contributed by atoms with E-state index in [9.17, 15) is 4.79 Å². The van der Waals surface area contributed by atoms with Gasteiger partial charge in [-0.1, -0.05) is 0 Å². The van der Waals surface area contributed by atoms with Crippen molar-refractivity contribution in [2.24, 2.45) is 0 Å². The van der Waals surface area contributed by atoms with E-state index in [1.54, 1.807) is 23.7 Å². The van der Waals surface area contributed by atoms with Gasteiger partial charge in [-0.25, -0.2) is 4.98 Å². The van der Waals surface area contributed by atoms with Gasteiger partial charge in [0.05, 0.1) is 5.56 Å². The lowest BCUT2D eigenvalue weighted by Crippen LogP contribution is -2.12. The van der Waals surface area contributed by atoms with Gasteiger partial charge in [0.1, 0.15) is 0 Å². The molecule has 0 unspecified atom stereocenters. The van der Waals surface area contributed by atoms with Gasteiger partial charge in [-0.05, 0) is 19.9 Å². The summed E-state index contributed by atoms with van der Waals surface area (Å²) in [6, 6.07) is 1.89. The highest BCUT2D eigenvalue weighted by Crippen LogP contribution is 2.21. The summed E-state index contributed by atoms with van der Waals surface area (Å²) in [5, 5.41) is 2.69. The number of hydrogen-bond donors (Lipinski definition) is 2. The van der Waals surface area contributed by atoms with Crippen LogP contribution in [0, 0.1) is 13.8 Å². The highest BCUT2D eigenvalue weighted by molar-refractivity contribution is 7.12. The van der Waals surface area contributed by atoms with E-state index < -0.39 is 0 Å². The Bertz CT molecular complexity index is 473. The molecule has 0 aliphatic rings. The topological polar surface area (TPSA) is 57.8 Å². The third-order valence-corrected chi connectivity index (χ3v) is 2.98. The highest BCUT2D eigenvalue weighted by atomic mass is 32.1. The Morgan fingerprint density at radius 3 is 2.87 bits per heavy atom. The van der Waals surface area contributed by atoms with Gasteiger partial charge in [0, 0.05) is 22.1 Å². The van der Waals surface area contributed by atoms with E-state index >= 15 is 0 Å². The van der Waals surface area contributed by atoms with Crippen molar-refractivity contribution in [2.45, 2.75) is 13.8 Å². The Labute approximate surface area is 91.4 Å². The monoisotopic (exact) mass is 221 g/mol. The van der Waals surface area contributed by atoms with Gasteiger partial charge in [0.2, 0.25) is 5.95 Å². The van der Waals surface area contributed by atoms with E-state index in [1.807, 2.05) is 19.9 Å². The third kappa shape index (κ3) is 2.07. The predicted octanol–water partition coefficient (Wildman–Crippen LogP) is 2.34. The standard InChI is InChI=1S/C10H11N3OS/c1-6-5-8(7(2)15-6)9(14)13-10-11-3-4-12-10/h3-5H,1-2H3,(H2,11,12,13,14). The number of aryl methyl sites for hydroxylation is 2. The first-order valence-electron chi connectivity index (χ1n) is 4.54. The molecule has 4 nitrogen and oxygen atoms in total. The van der Waals surface area contributed by atoms with Crippen molar-refractivity contribution in [3.8, 4) is 0 Å². The molecule has 0 aromatic carbocycles. The largest absolute Gasteiger partial charge is 0.331 e. The molecule has 2 N–H and O–H groups in total. The molecule has 15 heavy (non-hydrogen) atoms. The van der Waals surface area contributed by atoms with E-state index in [-0.39, 0.29) is 5.91 Å². The number of thiophene rings is 1. The Balaban J connectivity index is 2.18. The predicted molar refractivity (Wildman–Crippen MR) is 60.3 cm³/mol. The van der Waals surface area contributed by atoms with Crippen molar-refractivity contribution in [3.05, 3.63) is 33.8 Å². The maximum absolute atomic E-state index is 11.8. The zero-order valence-electron chi connectivity index (χ0n) is 8.50. The first kappa shape index (κ1) is 9.92. The Morgan fingerprint density at radius 1 is 1.53 bits per heavy atom. The Morgan fingerprint density at radius 2 is 2.33 bits per heavy atom. The van der Waals surface area contributed by atoms with Gasteiger partial charge in [-0.15, -0.1) is 11.3 Å². The van der Waals surface area contributed by atoms with Gasteiger partial charge >= 0.3 is 0 Å². The van der Waals surface area contributed by atoms with Crippen molar-refractivity contribution in [1.82, 2.24) is 9.97 Å². The van der Waals surface area contributed by atoms with Crippen molar-refractivity contribution in [1.29, 1.82) is 0 Å². The van der Waals surface area contributed by atoms with Gasteiger partial charge in [-0.2, -0.15) is 0 Å². The van der Waals surface area contributed by atoms with Crippen LogP contribution in [0.3, 0.4) is 0 Å². The van der Waals surface area contributed by atoms with Gasteiger partial charge in [0.15, 0.2) is 0 Å². The van der Waals surface area contributed by atoms with Crippen molar-refractivity contribution in [3.63, 3.8) is 0 Å². The molecule has 0 aliphatic heterocycles. The van der Waals surface area contributed by atoms with Gasteiger partial charge in [-0.3, -0.25) is 10.1 Å². The average Bonchev–Trinajstić information content (AvgIpc) is 2.75. The molecule has 0 saturated heterocycles. The molecule has 0 spiro atoms. The zero-order valence-corrected chi connectivity index (χ0v) is 9.31. The molecule has 0 atom stereocenters. The number of H-pyrrole nitrogens is 1. The highest BCUT2D eigenvalue weighted by Gasteiger charge is 2.12. The van der Waals surface area contributed by atoms with Crippen molar-refractivity contribution in [2.75, 3.05) is 5.32 Å². The molecule has 78 valence electrons. The Hall–Kier alpha value is -1.62. The fraction of sp³-hybridized carbons (Fsp3) is 0.200. The molecule has 5 heteroatoms. The van der Waals surface area contributed by atoms with Crippen LogP contribution in [0.1, 0.15) is 20.1 Å². The summed E-state index contributed by atoms with van der Waals surface area (Å²) in [6.07, 6.45) is 3.27. The maximum Gasteiger partial charge on any atom is 0.259 e. The maximum atomic E-state index is 11.8. The van der Waals surface area contributed by atoms with E-state index in [0.29, 0.717) is 11.5 Å². The van der Waals surface area contributed by atoms with Crippen LogP contribution in [0.5, 0.6) is 0 Å². The van der Waals surface area contributed by atoms with Crippen LogP contribution < -0.4 is 5.32 Å². The second kappa shape index (κ2) is 3.86. The molecule has 2 aromatic rings. The van der Waals surface area contributed by atoms with Crippen molar-refractivity contribution >= 4 is 23.2 Å². The minimum absolute atomic E-state index is 0.119. The van der Waals surface area contributed by atoms with Crippen LogP contribution in [0.4, 0.5) is 5.95 Å². The Kier molecular flexibility index (Phi) is 2.55. The molecule has 2 aromatic heterocycles. The number of imidazole rings is 1. The smallest absolute Gasteiger partial charge is 0.259 e. The van der Waals surface area contributed by atoms with Gasteiger partial charge < -0.3 is 4.98 Å². The van der Waals surface area contributed by atoms with E-state index in [0.717, 1.165) is 9.75 Å². The quantitative estimate of drug-likeness (QED) is 0.817. The summed E-state index contributed by atoms with van der Waals surface area (Å²) in [5.74, 6) is 0.357. The third-order valence-electron chi connectivity index (χ3n) is 2.02. The molecule has 0 fully saturated rings. The number of amides is 1. The second-order valence-corrected chi connectivity index (χ2v) is 4.68. The summed E-state index contributed by atoms with van der Waals surface area (Å²) < 4.78 is 0. The fourth-order valence-corrected chi connectivity index (χ4v) is 2.29. The number of anilines is 1. The molecular weight excluding hydrogens is 210 g/mol. The minimum atomic E-state index is -0.119. The second-order valence-electron chi connectivity index (χ2n) is 3.22. The average molecular weight is 221 g/mol. The zero-order chi connectivity index (χ0) is 10.8. The number of carbonyl (C=O) groups excluding carboxylic acids is 1. The fourth-order valence-electron chi connectivity index (χ4n) is 1.36. The number of nitrogens with one attached hydrogen (secondary N) is 2. The van der Waals surface area contributed by atoms with Crippen LogP contribution in [0.2, 0.25) is 0 Å². The summed E-state index contributed by atoms with van der Waals surface area (Å²) >= 11 is 1.62. The SMILES string of the molecule is Cc1cc(C(=O)Nc2ncc[nH]2)c(C)s1. The lowest BCUT2D eigenvalue weighted by molar-refractivity contribution is 0.102. The van der Waals surface area contributed by atoms with Crippen LogP contribution in [0.25, 0.3) is 0 Å². The van der Waals surface area contributed by atoms with Crippen LogP contribution in [0.15, 0.2) is 18.5 Å². The number of rotatable bonds is 2. The summed E-state index contributed by atoms with van der Waals surface area (Å²) in [4.78, 5) is 20.7. The number of aromatic amines is 1. The summed E-state index contributed by atoms with van der Waals surface area (Å²) in [7, 11) is 0. The molecule has 0 aliphatic carbocycles. The molecule has 0 saturated carbocycles. The molecule has 0 bridgehead atoms. The minimum Gasteiger partial charge on any atom is -0.331 e. The first-order chi connectivity index (χ1) is 7.16.